The van der Waals surface area contributed by atoms with Gasteiger partial charge in [0.25, 0.3) is 11.7 Å². The van der Waals surface area contributed by atoms with Gasteiger partial charge in [-0.1, -0.05) is 75.6 Å². The normalized spacial score (nSPS) is 15.4. The number of carbonyl (C=O) groups excluding carboxylic acids is 2. The van der Waals surface area contributed by atoms with Gasteiger partial charge in [0.1, 0.15) is 0 Å². The van der Waals surface area contributed by atoms with Gasteiger partial charge in [-0.05, 0) is 42.7 Å². The van der Waals surface area contributed by atoms with Crippen molar-refractivity contribution in [3.05, 3.63) is 90.5 Å². The third-order valence-corrected chi connectivity index (χ3v) is 5.84. The van der Waals surface area contributed by atoms with Crippen LogP contribution in [0.3, 0.4) is 0 Å². The van der Waals surface area contributed by atoms with Crippen LogP contribution in [0, 0.1) is 0 Å². The van der Waals surface area contributed by atoms with Crippen molar-refractivity contribution >= 4 is 28.6 Å². The quantitative estimate of drug-likeness (QED) is 0.326. The minimum Gasteiger partial charge on any atom is -0.388 e. The van der Waals surface area contributed by atoms with Gasteiger partial charge in [-0.15, -0.1) is 0 Å². The summed E-state index contributed by atoms with van der Waals surface area (Å²) >= 11 is 0. The molecule has 0 bridgehead atoms. The van der Waals surface area contributed by atoms with Crippen LogP contribution >= 0.6 is 0 Å². The molecule has 1 aliphatic rings. The molecule has 2 aromatic rings. The van der Waals surface area contributed by atoms with Crippen LogP contribution in [0.5, 0.6) is 0 Å². The second-order valence-electron chi connectivity index (χ2n) is 7.97. The first-order valence-electron chi connectivity index (χ1n) is 11.9. The van der Waals surface area contributed by atoms with E-state index >= 15 is 0 Å². The molecule has 1 heterocycles. The lowest BCUT2D eigenvalue weighted by atomic mass is 9.99. The molecule has 0 radical (unpaired) electrons. The van der Waals surface area contributed by atoms with Crippen LogP contribution in [0.1, 0.15) is 49.2 Å². The van der Waals surface area contributed by atoms with Gasteiger partial charge in [0, 0.05) is 44.1 Å². The first-order valence-corrected chi connectivity index (χ1v) is 11.9. The number of anilines is 1. The molecule has 34 heavy (non-hydrogen) atoms. The van der Waals surface area contributed by atoms with Crippen molar-refractivity contribution in [3.8, 4) is 0 Å². The molecule has 1 fully saturated rings. The summed E-state index contributed by atoms with van der Waals surface area (Å²) in [5.74, 6) is -0.973. The highest BCUT2D eigenvalue weighted by atomic mass is 16.2. The predicted octanol–water partition coefficient (Wildman–Crippen LogP) is 5.73. The molecule has 1 saturated heterocycles. The maximum Gasteiger partial charge on any atom is 0.295 e. The molecule has 5 heteroatoms. The lowest BCUT2D eigenvalue weighted by Gasteiger charge is -2.41. The maximum absolute atomic E-state index is 13.1. The Balaban J connectivity index is 0.00000199. The molecule has 5 nitrogen and oxygen atoms in total. The number of hydrogen-bond donors (Lipinski definition) is 1. The van der Waals surface area contributed by atoms with Gasteiger partial charge in [-0.3, -0.25) is 9.59 Å². The molecule has 2 aromatic carbocycles. The van der Waals surface area contributed by atoms with Gasteiger partial charge in [-0.2, -0.15) is 0 Å². The number of hydrogen-bond acceptors (Lipinski definition) is 4. The molecule has 1 atom stereocenters. The van der Waals surface area contributed by atoms with Crippen LogP contribution in [0.4, 0.5) is 5.69 Å². The molecule has 1 amide bonds. The van der Waals surface area contributed by atoms with Crippen molar-refractivity contribution < 1.29 is 9.59 Å². The zero-order valence-electron chi connectivity index (χ0n) is 21.1. The van der Waals surface area contributed by atoms with Gasteiger partial charge in [0.05, 0.1) is 5.56 Å². The Bertz CT molecular complexity index is 1060. The van der Waals surface area contributed by atoms with Crippen LogP contribution in [-0.2, 0) is 4.79 Å². The molecule has 0 aliphatic carbocycles. The van der Waals surface area contributed by atoms with E-state index in [0.29, 0.717) is 30.9 Å². The number of Topliss-reactive ketones (excluding diaryl/α,β-unsaturated/α-hetero) is 1. The Labute approximate surface area is 204 Å². The Morgan fingerprint density at radius 1 is 1.03 bits per heavy atom. The fraction of sp³-hybridized carbons (Fsp3) is 0.310. The summed E-state index contributed by atoms with van der Waals surface area (Å²) in [6.07, 6.45) is 3.82. The SMILES string of the molecule is C=C(/C=C\C)c1ccc(C(=O)C(=O)N2CCN(C(=C)c3ccccc3)CC2C)c(NC)c1.CC. The maximum atomic E-state index is 13.1. The highest BCUT2D eigenvalue weighted by molar-refractivity contribution is 6.44. The highest BCUT2D eigenvalue weighted by Crippen LogP contribution is 2.25. The standard InChI is InChI=1S/C27H31N3O2.C2H6/c1-6-10-19(2)23-13-14-24(25(17-23)28-5)26(31)27(32)30-16-15-29(18-20(30)3)21(4)22-11-8-7-9-12-22;1-2/h6-14,17,20,28H,2,4,15-16,18H2,1,3,5H3;1-2H3/b10-6-;. The average molecular weight is 460 g/mol. The van der Waals surface area contributed by atoms with Crippen molar-refractivity contribution in [2.24, 2.45) is 0 Å². The Hall–Kier alpha value is -3.60. The molecular weight excluding hydrogens is 422 g/mol. The van der Waals surface area contributed by atoms with Crippen LogP contribution in [0.15, 0.2) is 73.8 Å². The zero-order chi connectivity index (χ0) is 25.3. The Morgan fingerprint density at radius 3 is 2.29 bits per heavy atom. The van der Waals surface area contributed by atoms with E-state index in [4.69, 9.17) is 0 Å². The van der Waals surface area contributed by atoms with Crippen LogP contribution in [0.25, 0.3) is 11.3 Å². The van der Waals surface area contributed by atoms with E-state index in [0.717, 1.165) is 22.4 Å². The van der Waals surface area contributed by atoms with E-state index < -0.39 is 11.7 Å². The summed E-state index contributed by atoms with van der Waals surface area (Å²) in [5.41, 5.74) is 4.74. The van der Waals surface area contributed by atoms with Gasteiger partial charge in [0.2, 0.25) is 0 Å². The van der Waals surface area contributed by atoms with E-state index in [9.17, 15) is 9.59 Å². The summed E-state index contributed by atoms with van der Waals surface area (Å²) in [7, 11) is 1.75. The first-order chi connectivity index (χ1) is 16.4. The number of piperazine rings is 1. The third kappa shape index (κ3) is 6.04. The predicted molar refractivity (Wildman–Crippen MR) is 144 cm³/mol. The second kappa shape index (κ2) is 12.6. The molecule has 180 valence electrons. The fourth-order valence-electron chi connectivity index (χ4n) is 4.01. The topological polar surface area (TPSA) is 52.7 Å². The minimum atomic E-state index is -0.500. The number of carbonyl (C=O) groups is 2. The smallest absolute Gasteiger partial charge is 0.295 e. The van der Waals surface area contributed by atoms with E-state index in [1.807, 2.05) is 82.3 Å². The largest absolute Gasteiger partial charge is 0.388 e. The Kier molecular flexibility index (Phi) is 9.87. The summed E-state index contributed by atoms with van der Waals surface area (Å²) in [5, 5.41) is 3.05. The Morgan fingerprint density at radius 2 is 1.71 bits per heavy atom. The van der Waals surface area contributed by atoms with Crippen LogP contribution in [-0.4, -0.2) is 54.2 Å². The number of amides is 1. The van der Waals surface area contributed by atoms with Crippen molar-refractivity contribution in [2.75, 3.05) is 32.0 Å². The molecule has 0 aromatic heterocycles. The van der Waals surface area contributed by atoms with E-state index in [1.54, 1.807) is 18.0 Å². The molecule has 1 aliphatic heterocycles. The molecule has 0 saturated carbocycles. The molecule has 1 N–H and O–H groups in total. The van der Waals surface area contributed by atoms with E-state index in [-0.39, 0.29) is 6.04 Å². The third-order valence-electron chi connectivity index (χ3n) is 5.84. The van der Waals surface area contributed by atoms with Crippen LogP contribution in [0.2, 0.25) is 0 Å². The zero-order valence-corrected chi connectivity index (χ0v) is 21.1. The van der Waals surface area contributed by atoms with Gasteiger partial charge in [0.15, 0.2) is 0 Å². The van der Waals surface area contributed by atoms with Gasteiger partial charge >= 0.3 is 0 Å². The van der Waals surface area contributed by atoms with Crippen molar-refractivity contribution in [3.63, 3.8) is 0 Å². The van der Waals surface area contributed by atoms with Crippen molar-refractivity contribution in [1.82, 2.24) is 9.80 Å². The summed E-state index contributed by atoms with van der Waals surface area (Å²) in [6.45, 7) is 17.9. The van der Waals surface area contributed by atoms with E-state index in [1.165, 1.54) is 0 Å². The highest BCUT2D eigenvalue weighted by Gasteiger charge is 2.33. The number of ketones is 1. The summed E-state index contributed by atoms with van der Waals surface area (Å²) in [4.78, 5) is 30.1. The minimum absolute atomic E-state index is 0.104. The van der Waals surface area contributed by atoms with E-state index in [2.05, 4.69) is 23.4 Å². The van der Waals surface area contributed by atoms with Crippen LogP contribution < -0.4 is 5.32 Å². The molecule has 0 spiro atoms. The second-order valence-corrected chi connectivity index (χ2v) is 7.97. The monoisotopic (exact) mass is 459 g/mol. The molecule has 3 rings (SSSR count). The van der Waals surface area contributed by atoms with Crippen molar-refractivity contribution in [1.29, 1.82) is 0 Å². The summed E-state index contributed by atoms with van der Waals surface area (Å²) < 4.78 is 0. The average Bonchev–Trinajstić information content (AvgIpc) is 2.88. The molecular formula is C29H37N3O2. The number of benzene rings is 2. The van der Waals surface area contributed by atoms with Gasteiger partial charge < -0.3 is 15.1 Å². The number of nitrogens with zero attached hydrogens (tertiary/aromatic N) is 2. The molecule has 1 unspecified atom stereocenters. The number of nitrogens with one attached hydrogen (secondary N) is 1. The van der Waals surface area contributed by atoms with Gasteiger partial charge in [-0.25, -0.2) is 0 Å². The lowest BCUT2D eigenvalue weighted by molar-refractivity contribution is -0.130. The fourth-order valence-corrected chi connectivity index (χ4v) is 4.01. The first kappa shape index (κ1) is 26.7. The lowest BCUT2D eigenvalue weighted by Crippen LogP contribution is -2.54. The number of rotatable bonds is 7. The summed E-state index contributed by atoms with van der Waals surface area (Å²) in [6, 6.07) is 15.3. The number of allylic oxidation sites excluding steroid dienone is 3. The van der Waals surface area contributed by atoms with Crippen molar-refractivity contribution in [2.45, 2.75) is 33.7 Å².